The second kappa shape index (κ2) is 10.8. The number of fused-ring (bicyclic) bond motifs is 1. The first-order valence-electron chi connectivity index (χ1n) is 13.7. The number of aromatic nitrogens is 5. The van der Waals surface area contributed by atoms with Crippen LogP contribution in [0.4, 0.5) is 0 Å². The molecular formula is C28H40N6O2. The molecule has 0 unspecified atom stereocenters. The van der Waals surface area contributed by atoms with Gasteiger partial charge in [-0.05, 0) is 90.6 Å². The molecular weight excluding hydrogens is 452 g/mol. The minimum Gasteiger partial charge on any atom is -0.376 e. The maximum absolute atomic E-state index is 13.3. The highest BCUT2D eigenvalue weighted by molar-refractivity contribution is 5.80. The molecule has 3 aromatic rings. The van der Waals surface area contributed by atoms with Gasteiger partial charge in [0.25, 0.3) is 5.56 Å². The summed E-state index contributed by atoms with van der Waals surface area (Å²) in [6.07, 6.45) is 8.30. The van der Waals surface area contributed by atoms with E-state index in [2.05, 4.69) is 71.3 Å². The van der Waals surface area contributed by atoms with Crippen molar-refractivity contribution in [2.45, 2.75) is 104 Å². The van der Waals surface area contributed by atoms with Gasteiger partial charge in [-0.25, -0.2) is 4.68 Å². The van der Waals surface area contributed by atoms with Gasteiger partial charge in [0.15, 0.2) is 5.82 Å². The smallest absolute Gasteiger partial charge is 0.252 e. The second-order valence-electron chi connectivity index (χ2n) is 11.2. The first-order chi connectivity index (χ1) is 17.4. The molecule has 1 saturated heterocycles. The monoisotopic (exact) mass is 492 g/mol. The van der Waals surface area contributed by atoms with Crippen molar-refractivity contribution in [3.63, 3.8) is 0 Å². The van der Waals surface area contributed by atoms with Gasteiger partial charge in [-0.2, -0.15) is 0 Å². The summed E-state index contributed by atoms with van der Waals surface area (Å²) in [6, 6.07) is 6.75. The average Bonchev–Trinajstić information content (AvgIpc) is 3.53. The Balaban J connectivity index is 1.52. The molecule has 0 spiro atoms. The molecule has 2 atom stereocenters. The standard InChI is InChI=1S/C28H40N6O2/c1-18(2)26(27-30-31-32-34(27)17-24-11-8-12-36-24)33(23-9-6-5-7-10-23)16-22-15-21-13-19(3)20(4)14-25(21)29-28(22)35/h13-15,18,23-24,26H,5-12,16-17H2,1-4H3,(H,29,35)/t24-,26+/m0/s1. The zero-order chi connectivity index (χ0) is 25.2. The summed E-state index contributed by atoms with van der Waals surface area (Å²) in [5.41, 5.74) is 4.12. The highest BCUT2D eigenvalue weighted by Gasteiger charge is 2.35. The van der Waals surface area contributed by atoms with Crippen LogP contribution in [0.1, 0.15) is 87.3 Å². The summed E-state index contributed by atoms with van der Waals surface area (Å²) < 4.78 is 7.84. The lowest BCUT2D eigenvalue weighted by molar-refractivity contribution is 0.0553. The molecule has 194 valence electrons. The van der Waals surface area contributed by atoms with Crippen LogP contribution in [-0.4, -0.2) is 48.8 Å². The normalized spacial score (nSPS) is 20.1. The Bertz CT molecular complexity index is 1240. The van der Waals surface area contributed by atoms with Gasteiger partial charge in [-0.3, -0.25) is 9.69 Å². The Hall–Kier alpha value is -2.58. The number of ether oxygens (including phenoxy) is 1. The second-order valence-corrected chi connectivity index (χ2v) is 11.2. The van der Waals surface area contributed by atoms with Gasteiger partial charge in [-0.15, -0.1) is 5.10 Å². The van der Waals surface area contributed by atoms with Crippen LogP contribution in [0.15, 0.2) is 23.0 Å². The molecule has 0 radical (unpaired) electrons. The van der Waals surface area contributed by atoms with E-state index in [9.17, 15) is 4.79 Å². The van der Waals surface area contributed by atoms with Crippen molar-refractivity contribution in [2.75, 3.05) is 6.61 Å². The fraction of sp³-hybridized carbons (Fsp3) is 0.643. The number of aryl methyl sites for hydroxylation is 2. The zero-order valence-electron chi connectivity index (χ0n) is 22.2. The van der Waals surface area contributed by atoms with Gasteiger partial charge in [-0.1, -0.05) is 33.1 Å². The van der Waals surface area contributed by atoms with Gasteiger partial charge in [0.2, 0.25) is 0 Å². The van der Waals surface area contributed by atoms with Crippen LogP contribution in [0, 0.1) is 19.8 Å². The maximum Gasteiger partial charge on any atom is 0.252 e. The molecule has 2 aromatic heterocycles. The zero-order valence-corrected chi connectivity index (χ0v) is 22.2. The van der Waals surface area contributed by atoms with Crippen LogP contribution in [-0.2, 0) is 17.8 Å². The van der Waals surface area contributed by atoms with Gasteiger partial charge >= 0.3 is 0 Å². The van der Waals surface area contributed by atoms with E-state index in [1.807, 2.05) is 4.68 Å². The number of hydrogen-bond acceptors (Lipinski definition) is 6. The predicted molar refractivity (Wildman–Crippen MR) is 141 cm³/mol. The van der Waals surface area contributed by atoms with Crippen LogP contribution in [0.5, 0.6) is 0 Å². The Morgan fingerprint density at radius 1 is 1.08 bits per heavy atom. The summed E-state index contributed by atoms with van der Waals surface area (Å²) in [7, 11) is 0. The van der Waals surface area contributed by atoms with Crippen LogP contribution < -0.4 is 5.56 Å². The third-order valence-corrected chi connectivity index (χ3v) is 8.15. The number of pyridine rings is 1. The third-order valence-electron chi connectivity index (χ3n) is 8.15. The maximum atomic E-state index is 13.3. The molecule has 8 nitrogen and oxygen atoms in total. The summed E-state index contributed by atoms with van der Waals surface area (Å²) in [4.78, 5) is 19.0. The van der Waals surface area contributed by atoms with E-state index < -0.39 is 0 Å². The van der Waals surface area contributed by atoms with Crippen molar-refractivity contribution in [3.8, 4) is 0 Å². The van der Waals surface area contributed by atoms with Crippen LogP contribution >= 0.6 is 0 Å². The van der Waals surface area contributed by atoms with E-state index >= 15 is 0 Å². The van der Waals surface area contributed by atoms with E-state index in [-0.39, 0.29) is 23.6 Å². The largest absolute Gasteiger partial charge is 0.376 e. The molecule has 36 heavy (non-hydrogen) atoms. The lowest BCUT2D eigenvalue weighted by Crippen LogP contribution is -2.43. The van der Waals surface area contributed by atoms with Crippen LogP contribution in [0.25, 0.3) is 10.9 Å². The Kier molecular flexibility index (Phi) is 7.53. The summed E-state index contributed by atoms with van der Waals surface area (Å²) in [5.74, 6) is 1.17. The quantitative estimate of drug-likeness (QED) is 0.484. The van der Waals surface area contributed by atoms with E-state index in [1.165, 1.54) is 30.4 Å². The summed E-state index contributed by atoms with van der Waals surface area (Å²) in [6.45, 7) is 10.8. The summed E-state index contributed by atoms with van der Waals surface area (Å²) >= 11 is 0. The fourth-order valence-corrected chi connectivity index (χ4v) is 6.07. The van der Waals surface area contributed by atoms with Gasteiger partial charge in [0.05, 0.1) is 18.7 Å². The molecule has 2 fully saturated rings. The molecule has 1 saturated carbocycles. The number of tetrazole rings is 1. The molecule has 8 heteroatoms. The molecule has 0 bridgehead atoms. The van der Waals surface area contributed by atoms with E-state index in [0.29, 0.717) is 19.1 Å². The number of nitrogens with zero attached hydrogens (tertiary/aromatic N) is 5. The van der Waals surface area contributed by atoms with Crippen molar-refractivity contribution in [3.05, 3.63) is 51.1 Å². The lowest BCUT2D eigenvalue weighted by Gasteiger charge is -2.41. The number of nitrogens with one attached hydrogen (secondary N) is 1. The average molecular weight is 493 g/mol. The molecule has 2 aliphatic rings. The topological polar surface area (TPSA) is 88.9 Å². The molecule has 0 amide bonds. The molecule has 5 rings (SSSR count). The Morgan fingerprint density at radius 2 is 1.86 bits per heavy atom. The number of hydrogen-bond donors (Lipinski definition) is 1. The minimum absolute atomic E-state index is 0.00647. The number of aromatic amines is 1. The number of benzene rings is 1. The molecule has 1 aliphatic carbocycles. The molecule has 1 N–H and O–H groups in total. The first-order valence-corrected chi connectivity index (χ1v) is 13.7. The van der Waals surface area contributed by atoms with Gasteiger partial charge in [0.1, 0.15) is 0 Å². The van der Waals surface area contributed by atoms with E-state index in [4.69, 9.17) is 4.74 Å². The minimum atomic E-state index is -0.00647. The predicted octanol–water partition coefficient (Wildman–Crippen LogP) is 4.84. The van der Waals surface area contributed by atoms with Crippen molar-refractivity contribution >= 4 is 10.9 Å². The SMILES string of the molecule is Cc1cc2cc(CN(C3CCCCC3)[C@@H](c3nnnn3C[C@@H]3CCCO3)C(C)C)c(=O)[nH]c2cc1C. The van der Waals surface area contributed by atoms with E-state index in [1.54, 1.807) is 0 Å². The van der Waals surface area contributed by atoms with Crippen LogP contribution in [0.2, 0.25) is 0 Å². The van der Waals surface area contributed by atoms with Gasteiger partial charge in [0, 0.05) is 30.3 Å². The van der Waals surface area contributed by atoms with Crippen molar-refractivity contribution in [2.24, 2.45) is 5.92 Å². The first kappa shape index (κ1) is 25.1. The lowest BCUT2D eigenvalue weighted by atomic mass is 9.90. The van der Waals surface area contributed by atoms with Crippen molar-refractivity contribution in [1.82, 2.24) is 30.1 Å². The fourth-order valence-electron chi connectivity index (χ4n) is 6.07. The molecule has 3 heterocycles. The highest BCUT2D eigenvalue weighted by Crippen LogP contribution is 2.35. The number of rotatable bonds is 8. The molecule has 1 aromatic carbocycles. The van der Waals surface area contributed by atoms with Crippen molar-refractivity contribution < 1.29 is 4.74 Å². The Morgan fingerprint density at radius 3 is 2.58 bits per heavy atom. The highest BCUT2D eigenvalue weighted by atomic mass is 16.5. The van der Waals surface area contributed by atoms with E-state index in [0.717, 1.165) is 54.6 Å². The van der Waals surface area contributed by atoms with Crippen LogP contribution in [0.3, 0.4) is 0 Å². The molecule has 1 aliphatic heterocycles. The van der Waals surface area contributed by atoms with Gasteiger partial charge < -0.3 is 9.72 Å². The summed E-state index contributed by atoms with van der Waals surface area (Å²) in [5, 5.41) is 14.1. The Labute approximate surface area is 213 Å². The third kappa shape index (κ3) is 5.25. The number of H-pyrrole nitrogens is 1. The van der Waals surface area contributed by atoms with Crippen molar-refractivity contribution in [1.29, 1.82) is 0 Å².